The second-order valence-corrected chi connectivity index (χ2v) is 13.9. The van der Waals surface area contributed by atoms with Crippen LogP contribution in [0.4, 0.5) is 11.4 Å². The van der Waals surface area contributed by atoms with Gasteiger partial charge in [-0.1, -0.05) is 109 Å². The summed E-state index contributed by atoms with van der Waals surface area (Å²) in [4.78, 5) is 7.94. The molecule has 0 radical (unpaired) electrons. The average molecular weight is 700 g/mol. The van der Waals surface area contributed by atoms with Crippen molar-refractivity contribution in [2.75, 3.05) is 0 Å². The Morgan fingerprint density at radius 1 is 0.345 bits per heavy atom. The van der Waals surface area contributed by atoms with Gasteiger partial charge in [0.2, 0.25) is 5.69 Å². The van der Waals surface area contributed by atoms with E-state index in [0.29, 0.717) is 11.4 Å². The van der Waals surface area contributed by atoms with Crippen molar-refractivity contribution in [2.24, 2.45) is 0 Å². The molecule has 3 aromatic heterocycles. The maximum Gasteiger partial charge on any atom is 0.211 e. The molecule has 0 N–H and O–H groups in total. The largest absolute Gasteiger partial charge is 0.320 e. The van der Waals surface area contributed by atoms with Crippen molar-refractivity contribution < 1.29 is 0 Å². The Kier molecular flexibility index (Phi) is 6.61. The number of hydrogen-bond acceptors (Lipinski definition) is 0. The molecule has 3 heterocycles. The Morgan fingerprint density at radius 2 is 0.873 bits per heavy atom. The first-order valence-corrected chi connectivity index (χ1v) is 18.3. The van der Waals surface area contributed by atoms with Crippen molar-refractivity contribution in [1.29, 1.82) is 0 Å². The fraction of sp³-hybridized carbons (Fsp3) is 0. The highest BCUT2D eigenvalue weighted by Gasteiger charge is 2.20. The van der Waals surface area contributed by atoms with Crippen LogP contribution < -0.4 is 0 Å². The predicted octanol–water partition coefficient (Wildman–Crippen LogP) is 13.7. The molecule has 11 rings (SSSR count). The Labute approximate surface area is 316 Å². The number of rotatable bonds is 4. The molecule has 0 spiro atoms. The fourth-order valence-corrected chi connectivity index (χ4v) is 8.80. The zero-order chi connectivity index (χ0) is 36.6. The van der Waals surface area contributed by atoms with Crippen molar-refractivity contribution in [3.63, 3.8) is 0 Å². The van der Waals surface area contributed by atoms with Crippen LogP contribution in [0.3, 0.4) is 0 Å². The maximum atomic E-state index is 8.39. The van der Waals surface area contributed by atoms with Crippen LogP contribution in [0.25, 0.3) is 103 Å². The van der Waals surface area contributed by atoms with Crippen LogP contribution in [0.1, 0.15) is 0 Å². The molecule has 5 nitrogen and oxygen atoms in total. The van der Waals surface area contributed by atoms with Gasteiger partial charge in [0.15, 0.2) is 5.69 Å². The third-order valence-corrected chi connectivity index (χ3v) is 11.1. The Bertz CT molecular complexity index is 3420. The number of para-hydroxylation sites is 5. The maximum absolute atomic E-state index is 8.39. The molecule has 0 saturated heterocycles. The van der Waals surface area contributed by atoms with Crippen molar-refractivity contribution in [3.05, 3.63) is 199 Å². The molecule has 0 aliphatic heterocycles. The molecule has 0 aliphatic rings. The molecule has 0 saturated carbocycles. The third kappa shape index (κ3) is 4.39. The van der Waals surface area contributed by atoms with E-state index in [0.717, 1.165) is 61.0 Å². The van der Waals surface area contributed by atoms with Crippen molar-refractivity contribution in [1.82, 2.24) is 13.7 Å². The van der Waals surface area contributed by atoms with E-state index in [4.69, 9.17) is 13.1 Å². The van der Waals surface area contributed by atoms with E-state index in [1.807, 2.05) is 36.4 Å². The van der Waals surface area contributed by atoms with Crippen LogP contribution in [0.15, 0.2) is 176 Å². The van der Waals surface area contributed by atoms with Gasteiger partial charge in [0.05, 0.1) is 52.1 Å². The lowest BCUT2D eigenvalue weighted by Crippen LogP contribution is -1.98. The van der Waals surface area contributed by atoms with Crippen LogP contribution in [0.2, 0.25) is 0 Å². The zero-order valence-electron chi connectivity index (χ0n) is 29.5. The SMILES string of the molecule is [C-]#[N+]c1cc(-c2ccccc2-n2c3ccccc3c3cc(-n4c5ccccc5c5ccccc54)ccc32)ccc1-n1c2ccccc2c2c([N+]#[C-])cccc21. The lowest BCUT2D eigenvalue weighted by molar-refractivity contribution is 1.16. The number of nitrogens with zero attached hydrogens (tertiary/aromatic N) is 5. The highest BCUT2D eigenvalue weighted by Crippen LogP contribution is 2.43. The van der Waals surface area contributed by atoms with E-state index in [2.05, 4.69) is 163 Å². The summed E-state index contributed by atoms with van der Waals surface area (Å²) in [7, 11) is 0. The zero-order valence-corrected chi connectivity index (χ0v) is 29.5. The van der Waals surface area contributed by atoms with Gasteiger partial charge < -0.3 is 13.7 Å². The van der Waals surface area contributed by atoms with Gasteiger partial charge in [-0.3, -0.25) is 0 Å². The first kappa shape index (κ1) is 30.7. The summed E-state index contributed by atoms with van der Waals surface area (Å²) in [6.45, 7) is 16.2. The highest BCUT2D eigenvalue weighted by atomic mass is 15.0. The molecule has 0 unspecified atom stereocenters. The van der Waals surface area contributed by atoms with Gasteiger partial charge in [0.1, 0.15) is 0 Å². The lowest BCUT2D eigenvalue weighted by atomic mass is 10.0. The number of fused-ring (bicyclic) bond motifs is 9. The van der Waals surface area contributed by atoms with Gasteiger partial charge in [0.25, 0.3) is 0 Å². The van der Waals surface area contributed by atoms with Crippen LogP contribution in [0.5, 0.6) is 0 Å². The summed E-state index contributed by atoms with van der Waals surface area (Å²) in [6.07, 6.45) is 0. The molecule has 0 aliphatic carbocycles. The first-order valence-electron chi connectivity index (χ1n) is 18.3. The molecule has 0 amide bonds. The Balaban J connectivity index is 1.11. The number of hydrogen-bond donors (Lipinski definition) is 0. The van der Waals surface area contributed by atoms with E-state index in [1.54, 1.807) is 0 Å². The van der Waals surface area contributed by atoms with E-state index < -0.39 is 0 Å². The molecule has 254 valence electrons. The molecule has 0 bridgehead atoms. The average Bonchev–Trinajstić information content (AvgIpc) is 3.89. The summed E-state index contributed by atoms with van der Waals surface area (Å²) in [6, 6.07) is 61.3. The van der Waals surface area contributed by atoms with E-state index in [-0.39, 0.29) is 0 Å². The second kappa shape index (κ2) is 11.8. The molecule has 5 heteroatoms. The molecule has 11 aromatic rings. The number of benzene rings is 8. The van der Waals surface area contributed by atoms with Crippen LogP contribution in [0, 0.1) is 13.1 Å². The van der Waals surface area contributed by atoms with Gasteiger partial charge >= 0.3 is 0 Å². The summed E-state index contributed by atoms with van der Waals surface area (Å²) in [5, 5.41) is 6.74. The van der Waals surface area contributed by atoms with Crippen LogP contribution in [-0.4, -0.2) is 13.7 Å². The molecule has 8 aromatic carbocycles. The minimum atomic E-state index is 0.543. The molecule has 55 heavy (non-hydrogen) atoms. The van der Waals surface area contributed by atoms with Gasteiger partial charge in [-0.15, -0.1) is 0 Å². The second-order valence-electron chi connectivity index (χ2n) is 13.9. The van der Waals surface area contributed by atoms with Crippen molar-refractivity contribution >= 4 is 76.8 Å². The van der Waals surface area contributed by atoms with Crippen molar-refractivity contribution in [3.8, 4) is 28.2 Å². The monoisotopic (exact) mass is 699 g/mol. The van der Waals surface area contributed by atoms with E-state index in [9.17, 15) is 0 Å². The minimum absolute atomic E-state index is 0.543. The summed E-state index contributed by atoms with van der Waals surface area (Å²) in [5.41, 5.74) is 12.6. The van der Waals surface area contributed by atoms with Gasteiger partial charge in [-0.25, -0.2) is 9.69 Å². The predicted molar refractivity (Wildman–Crippen MR) is 227 cm³/mol. The third-order valence-electron chi connectivity index (χ3n) is 11.1. The quantitative estimate of drug-likeness (QED) is 0.163. The standard InChI is InChI=1S/C50H29N5/c1-51-40-19-13-25-49-50(40)38-18-7-12-24-46(38)55(49)48-28-26-32(30-41(48)52-2)34-14-3-8-20-42(34)54-45-23-11-6-17-37(45)39-31-33(27-29-47(39)54)53-43-21-9-4-15-35(43)36-16-5-10-22-44(36)53/h3-31H. The Morgan fingerprint density at radius 3 is 1.56 bits per heavy atom. The molecule has 0 atom stereocenters. The molecule has 0 fully saturated rings. The first-order chi connectivity index (χ1) is 27.2. The summed E-state index contributed by atoms with van der Waals surface area (Å²) < 4.78 is 6.86. The smallest absolute Gasteiger partial charge is 0.211 e. The van der Waals surface area contributed by atoms with Gasteiger partial charge in [-0.05, 0) is 77.7 Å². The van der Waals surface area contributed by atoms with E-state index >= 15 is 0 Å². The Hall–Kier alpha value is -7.86. The van der Waals surface area contributed by atoms with E-state index in [1.165, 1.54) is 32.6 Å². The topological polar surface area (TPSA) is 23.5 Å². The summed E-state index contributed by atoms with van der Waals surface area (Å²) in [5.74, 6) is 0. The van der Waals surface area contributed by atoms with Crippen LogP contribution in [-0.2, 0) is 0 Å². The van der Waals surface area contributed by atoms with Gasteiger partial charge in [0, 0.05) is 43.7 Å². The van der Waals surface area contributed by atoms with Crippen LogP contribution >= 0.6 is 0 Å². The molecular formula is C50H29N5. The fourth-order valence-electron chi connectivity index (χ4n) is 8.80. The van der Waals surface area contributed by atoms with Crippen molar-refractivity contribution in [2.45, 2.75) is 0 Å². The molecular weight excluding hydrogens is 671 g/mol. The van der Waals surface area contributed by atoms with Gasteiger partial charge in [-0.2, -0.15) is 0 Å². The highest BCUT2D eigenvalue weighted by molar-refractivity contribution is 6.16. The summed E-state index contributed by atoms with van der Waals surface area (Å²) >= 11 is 0. The number of aromatic nitrogens is 3. The lowest BCUT2D eigenvalue weighted by Gasteiger charge is -2.16. The minimum Gasteiger partial charge on any atom is -0.320 e. The normalized spacial score (nSPS) is 11.6.